The van der Waals surface area contributed by atoms with E-state index in [1.165, 1.54) is 10.9 Å². The number of para-hydroxylation sites is 2. The summed E-state index contributed by atoms with van der Waals surface area (Å²) in [6.07, 6.45) is 1.43. The van der Waals surface area contributed by atoms with E-state index in [2.05, 4.69) is 10.4 Å². The van der Waals surface area contributed by atoms with Crippen LogP contribution >= 0.6 is 11.6 Å². The molecule has 4 aromatic carbocycles. The van der Waals surface area contributed by atoms with Gasteiger partial charge in [-0.15, -0.1) is 0 Å². The van der Waals surface area contributed by atoms with Gasteiger partial charge in [0.1, 0.15) is 17.1 Å². The third-order valence-corrected chi connectivity index (χ3v) is 6.65. The van der Waals surface area contributed by atoms with Gasteiger partial charge in [-0.05, 0) is 60.7 Å². The van der Waals surface area contributed by atoms with Crippen LogP contribution < -0.4 is 20.3 Å². The monoisotopic (exact) mass is 578 g/mol. The summed E-state index contributed by atoms with van der Waals surface area (Å²) in [5.41, 5.74) is 1.77. The molecule has 0 atom stereocenters. The van der Waals surface area contributed by atoms with Crippen LogP contribution in [0, 0.1) is 0 Å². The molecule has 0 bridgehead atoms. The number of amides is 1. The first kappa shape index (κ1) is 26.8. The average molecular weight is 579 g/mol. The van der Waals surface area contributed by atoms with Crippen molar-refractivity contribution >= 4 is 51.3 Å². The maximum Gasteiger partial charge on any atom is 0.282 e. The molecule has 0 spiro atoms. The number of carbonyl (C=O) groups is 1. The van der Waals surface area contributed by atoms with Crippen LogP contribution in [-0.4, -0.2) is 35.5 Å². The maximum atomic E-state index is 13.7. The number of hydrogen-bond acceptors (Lipinski definition) is 7. The minimum Gasteiger partial charge on any atom is -0.496 e. The van der Waals surface area contributed by atoms with E-state index in [4.69, 9.17) is 30.5 Å². The molecule has 1 N–H and O–H groups in total. The van der Waals surface area contributed by atoms with Crippen molar-refractivity contribution in [2.75, 3.05) is 19.0 Å². The molecule has 6 aromatic rings. The number of furan rings is 1. The summed E-state index contributed by atoms with van der Waals surface area (Å²) >= 11 is 6.27. The number of benzene rings is 4. The van der Waals surface area contributed by atoms with Crippen LogP contribution in [0.1, 0.15) is 5.56 Å². The minimum absolute atomic E-state index is 0.194. The van der Waals surface area contributed by atoms with E-state index < -0.39 is 5.56 Å². The van der Waals surface area contributed by atoms with Gasteiger partial charge in [0.25, 0.3) is 11.5 Å². The molecule has 0 aliphatic carbocycles. The van der Waals surface area contributed by atoms with Gasteiger partial charge in [0.2, 0.25) is 5.82 Å². The molecule has 208 valence electrons. The number of nitrogens with one attached hydrogen (secondary N) is 1. The summed E-state index contributed by atoms with van der Waals surface area (Å²) in [4.78, 5) is 30.8. The molecule has 2 heterocycles. The van der Waals surface area contributed by atoms with Crippen LogP contribution in [0.25, 0.3) is 33.5 Å². The Balaban J connectivity index is 1.38. The van der Waals surface area contributed by atoms with Gasteiger partial charge < -0.3 is 19.2 Å². The Labute approximate surface area is 244 Å². The summed E-state index contributed by atoms with van der Waals surface area (Å²) in [6, 6.07) is 28.2. The smallest absolute Gasteiger partial charge is 0.282 e. The van der Waals surface area contributed by atoms with Gasteiger partial charge in [0.15, 0.2) is 12.4 Å². The standard InChI is InChI=1S/C32H23ClN4O5/c1-40-27-12-7-13-28-24(27)17-29(42-28)31-36-25-11-6-5-10-23(25)32(39)37(31)34-18-20-16-21(33)14-15-26(20)41-19-30(38)35-22-8-3-2-4-9-22/h2-18H,19H2,1H3,(H,35,38). The first-order chi connectivity index (χ1) is 20.5. The predicted octanol–water partition coefficient (Wildman–Crippen LogP) is 6.37. The number of ether oxygens (including phenoxy) is 2. The Bertz CT molecular complexity index is 2020. The summed E-state index contributed by atoms with van der Waals surface area (Å²) in [7, 11) is 1.58. The molecular weight excluding hydrogens is 556 g/mol. The van der Waals surface area contributed by atoms with Gasteiger partial charge in [0.05, 0.1) is 29.6 Å². The number of fused-ring (bicyclic) bond motifs is 2. The number of halogens is 1. The molecular formula is C32H23ClN4O5. The van der Waals surface area contributed by atoms with Gasteiger partial charge in [-0.25, -0.2) is 4.98 Å². The lowest BCUT2D eigenvalue weighted by atomic mass is 10.2. The van der Waals surface area contributed by atoms with E-state index >= 15 is 0 Å². The largest absolute Gasteiger partial charge is 0.496 e. The minimum atomic E-state index is -0.397. The SMILES string of the molecule is COc1cccc2oc(-c3nc4ccccc4c(=O)n3N=Cc3cc(Cl)ccc3OCC(=O)Nc3ccccc3)cc12. The highest BCUT2D eigenvalue weighted by atomic mass is 35.5. The van der Waals surface area contributed by atoms with Crippen molar-refractivity contribution in [1.29, 1.82) is 0 Å². The average Bonchev–Trinajstić information content (AvgIpc) is 3.45. The highest BCUT2D eigenvalue weighted by Crippen LogP contribution is 2.33. The lowest BCUT2D eigenvalue weighted by molar-refractivity contribution is -0.118. The summed E-state index contributed by atoms with van der Waals surface area (Å²) in [5.74, 6) is 1.16. The number of carbonyl (C=O) groups excluding carboxylic acids is 1. The molecule has 0 aliphatic rings. The fourth-order valence-corrected chi connectivity index (χ4v) is 4.63. The molecule has 9 nitrogen and oxygen atoms in total. The Morgan fingerprint density at radius 2 is 1.79 bits per heavy atom. The fraction of sp³-hybridized carbons (Fsp3) is 0.0625. The van der Waals surface area contributed by atoms with Crippen molar-refractivity contribution in [1.82, 2.24) is 9.66 Å². The number of anilines is 1. The second-order valence-electron chi connectivity index (χ2n) is 9.18. The quantitative estimate of drug-likeness (QED) is 0.210. The normalized spacial score (nSPS) is 11.3. The molecule has 0 fully saturated rings. The van der Waals surface area contributed by atoms with E-state index in [1.807, 2.05) is 30.3 Å². The Hall–Kier alpha value is -5.41. The first-order valence-electron chi connectivity index (χ1n) is 12.9. The zero-order valence-electron chi connectivity index (χ0n) is 22.3. The Kier molecular flexibility index (Phi) is 7.40. The second-order valence-corrected chi connectivity index (χ2v) is 9.62. The van der Waals surface area contributed by atoms with Crippen molar-refractivity contribution in [3.63, 3.8) is 0 Å². The van der Waals surface area contributed by atoms with E-state index in [1.54, 1.807) is 73.8 Å². The van der Waals surface area contributed by atoms with Crippen LogP contribution in [0.3, 0.4) is 0 Å². The summed E-state index contributed by atoms with van der Waals surface area (Å²) < 4.78 is 18.5. The van der Waals surface area contributed by atoms with E-state index in [9.17, 15) is 9.59 Å². The third kappa shape index (κ3) is 5.45. The molecule has 0 saturated heterocycles. The third-order valence-electron chi connectivity index (χ3n) is 6.42. The molecule has 0 aliphatic heterocycles. The molecule has 1 amide bonds. The van der Waals surface area contributed by atoms with E-state index in [0.29, 0.717) is 50.0 Å². The maximum absolute atomic E-state index is 13.7. The predicted molar refractivity (Wildman–Crippen MR) is 163 cm³/mol. The lowest BCUT2D eigenvalue weighted by Crippen LogP contribution is -2.21. The van der Waals surface area contributed by atoms with Crippen molar-refractivity contribution in [2.45, 2.75) is 0 Å². The number of methoxy groups -OCH3 is 1. The molecule has 42 heavy (non-hydrogen) atoms. The molecule has 0 unspecified atom stereocenters. The van der Waals surface area contributed by atoms with Crippen molar-refractivity contribution in [3.8, 4) is 23.1 Å². The Morgan fingerprint density at radius 1 is 0.976 bits per heavy atom. The van der Waals surface area contributed by atoms with Gasteiger partial charge in [0, 0.05) is 16.3 Å². The van der Waals surface area contributed by atoms with Crippen molar-refractivity contribution in [2.24, 2.45) is 5.10 Å². The van der Waals surface area contributed by atoms with Crippen molar-refractivity contribution in [3.05, 3.63) is 118 Å². The molecule has 0 saturated carbocycles. The van der Waals surface area contributed by atoms with Gasteiger partial charge >= 0.3 is 0 Å². The number of hydrogen-bond donors (Lipinski definition) is 1. The van der Waals surface area contributed by atoms with E-state index in [0.717, 1.165) is 5.39 Å². The van der Waals surface area contributed by atoms with Crippen LogP contribution in [-0.2, 0) is 4.79 Å². The molecule has 0 radical (unpaired) electrons. The first-order valence-corrected chi connectivity index (χ1v) is 13.3. The Morgan fingerprint density at radius 3 is 2.62 bits per heavy atom. The van der Waals surface area contributed by atoms with Crippen LogP contribution in [0.2, 0.25) is 5.02 Å². The zero-order valence-corrected chi connectivity index (χ0v) is 23.0. The molecule has 6 rings (SSSR count). The van der Waals surface area contributed by atoms with Gasteiger partial charge in [-0.3, -0.25) is 9.59 Å². The summed E-state index contributed by atoms with van der Waals surface area (Å²) in [5, 5.41) is 8.80. The van der Waals surface area contributed by atoms with Crippen molar-refractivity contribution < 1.29 is 18.7 Å². The topological polar surface area (TPSA) is 108 Å². The molecule has 2 aromatic heterocycles. The van der Waals surface area contributed by atoms with Crippen LogP contribution in [0.15, 0.2) is 111 Å². The number of nitrogens with zero attached hydrogens (tertiary/aromatic N) is 3. The lowest BCUT2D eigenvalue weighted by Gasteiger charge is -2.11. The zero-order chi connectivity index (χ0) is 29.1. The fourth-order valence-electron chi connectivity index (χ4n) is 4.45. The van der Waals surface area contributed by atoms with Crippen LogP contribution in [0.5, 0.6) is 11.5 Å². The van der Waals surface area contributed by atoms with Gasteiger partial charge in [-0.2, -0.15) is 9.78 Å². The van der Waals surface area contributed by atoms with E-state index in [-0.39, 0.29) is 18.3 Å². The summed E-state index contributed by atoms with van der Waals surface area (Å²) in [6.45, 7) is -0.249. The highest BCUT2D eigenvalue weighted by Gasteiger charge is 2.18. The number of aromatic nitrogens is 2. The highest BCUT2D eigenvalue weighted by molar-refractivity contribution is 6.30. The van der Waals surface area contributed by atoms with Crippen LogP contribution in [0.4, 0.5) is 5.69 Å². The van der Waals surface area contributed by atoms with Gasteiger partial charge in [-0.1, -0.05) is 48.0 Å². The molecule has 10 heteroatoms. The second kappa shape index (κ2) is 11.6. The number of rotatable bonds is 8.